The number of hydrogen-bond acceptors (Lipinski definition) is 1. The molecule has 0 amide bonds. The minimum Gasteiger partial charge on any atom is -0.316 e. The molecule has 70 valence electrons. The number of nitrogens with one attached hydrogen (secondary N) is 1. The predicted molar refractivity (Wildman–Crippen MR) is 59.4 cm³/mol. The first-order chi connectivity index (χ1) is 6.27. The lowest BCUT2D eigenvalue weighted by Gasteiger charge is -2.10. The van der Waals surface area contributed by atoms with E-state index in [9.17, 15) is 0 Å². The summed E-state index contributed by atoms with van der Waals surface area (Å²) in [5, 5.41) is 4.23. The minimum atomic E-state index is 0.588. The molecule has 1 N–H and O–H groups in total. The van der Waals surface area contributed by atoms with Gasteiger partial charge in [0.1, 0.15) is 0 Å². The zero-order valence-corrected chi connectivity index (χ0v) is 9.53. The lowest BCUT2D eigenvalue weighted by Crippen LogP contribution is -2.08. The molecule has 0 aliphatic carbocycles. The molecule has 13 heavy (non-hydrogen) atoms. The van der Waals surface area contributed by atoms with E-state index in [2.05, 4.69) is 27.3 Å². The van der Waals surface area contributed by atoms with Crippen molar-refractivity contribution in [3.63, 3.8) is 0 Å². The lowest BCUT2D eigenvalue weighted by atomic mass is 9.99. The van der Waals surface area contributed by atoms with Crippen LogP contribution in [0.25, 0.3) is 0 Å². The molecular formula is C10H11BrClN. The molecule has 0 aromatic heterocycles. The molecule has 3 heteroatoms. The van der Waals surface area contributed by atoms with Crippen molar-refractivity contribution < 1.29 is 0 Å². The summed E-state index contributed by atoms with van der Waals surface area (Å²) in [6, 6.07) is 6.06. The first-order valence-electron chi connectivity index (χ1n) is 4.43. The van der Waals surface area contributed by atoms with Gasteiger partial charge in [0.2, 0.25) is 0 Å². The van der Waals surface area contributed by atoms with Crippen LogP contribution in [-0.4, -0.2) is 13.1 Å². The number of benzene rings is 1. The van der Waals surface area contributed by atoms with E-state index < -0.39 is 0 Å². The highest BCUT2D eigenvalue weighted by Gasteiger charge is 2.18. The second-order valence-electron chi connectivity index (χ2n) is 3.36. The van der Waals surface area contributed by atoms with Gasteiger partial charge in [-0.05, 0) is 42.6 Å². The minimum absolute atomic E-state index is 0.588. The summed E-state index contributed by atoms with van der Waals surface area (Å²) in [6.45, 7) is 2.16. The van der Waals surface area contributed by atoms with Gasteiger partial charge in [-0.3, -0.25) is 0 Å². The molecule has 1 aliphatic rings. The summed E-state index contributed by atoms with van der Waals surface area (Å²) >= 11 is 9.59. The lowest BCUT2D eigenvalue weighted by molar-refractivity contribution is 0.763. The number of hydrogen-bond donors (Lipinski definition) is 1. The third kappa shape index (κ3) is 2.06. The second kappa shape index (κ2) is 3.99. The van der Waals surface area contributed by atoms with Crippen LogP contribution in [0.3, 0.4) is 0 Å². The topological polar surface area (TPSA) is 12.0 Å². The summed E-state index contributed by atoms with van der Waals surface area (Å²) in [5.74, 6) is 0.588. The Morgan fingerprint density at radius 3 is 3.00 bits per heavy atom. The molecule has 1 fully saturated rings. The van der Waals surface area contributed by atoms with E-state index in [1.165, 1.54) is 12.0 Å². The fourth-order valence-electron chi connectivity index (χ4n) is 1.75. The maximum absolute atomic E-state index is 6.13. The summed E-state index contributed by atoms with van der Waals surface area (Å²) in [6.07, 6.45) is 1.19. The Morgan fingerprint density at radius 2 is 2.31 bits per heavy atom. The van der Waals surface area contributed by atoms with E-state index in [0.717, 1.165) is 22.6 Å². The van der Waals surface area contributed by atoms with Crippen molar-refractivity contribution in [2.75, 3.05) is 13.1 Å². The van der Waals surface area contributed by atoms with E-state index in [0.29, 0.717) is 5.92 Å². The van der Waals surface area contributed by atoms with Gasteiger partial charge in [0.25, 0.3) is 0 Å². The zero-order chi connectivity index (χ0) is 9.26. The Balaban J connectivity index is 2.32. The fourth-order valence-corrected chi connectivity index (χ4v) is 2.40. The van der Waals surface area contributed by atoms with Crippen molar-refractivity contribution in [2.45, 2.75) is 12.3 Å². The van der Waals surface area contributed by atoms with Crippen molar-refractivity contribution in [1.29, 1.82) is 0 Å². The molecule has 0 saturated carbocycles. The molecule has 1 aromatic carbocycles. The molecule has 2 rings (SSSR count). The Kier molecular flexibility index (Phi) is 2.92. The summed E-state index contributed by atoms with van der Waals surface area (Å²) in [5.41, 5.74) is 1.26. The molecule has 0 radical (unpaired) electrons. The molecule has 1 unspecified atom stereocenters. The quantitative estimate of drug-likeness (QED) is 0.818. The second-order valence-corrected chi connectivity index (χ2v) is 4.68. The number of halogens is 2. The van der Waals surface area contributed by atoms with E-state index in [4.69, 9.17) is 11.6 Å². The van der Waals surface area contributed by atoms with Crippen LogP contribution in [0.4, 0.5) is 0 Å². The van der Waals surface area contributed by atoms with Crippen molar-refractivity contribution in [1.82, 2.24) is 5.32 Å². The Morgan fingerprint density at radius 1 is 1.46 bits per heavy atom. The summed E-state index contributed by atoms with van der Waals surface area (Å²) < 4.78 is 1.11. The molecule has 1 atom stereocenters. The highest BCUT2D eigenvalue weighted by molar-refractivity contribution is 9.10. The largest absolute Gasteiger partial charge is 0.316 e. The Hall–Kier alpha value is -0.0500. The van der Waals surface area contributed by atoms with Gasteiger partial charge in [-0.2, -0.15) is 0 Å². The van der Waals surface area contributed by atoms with Gasteiger partial charge in [-0.15, -0.1) is 0 Å². The van der Waals surface area contributed by atoms with E-state index in [1.807, 2.05) is 12.1 Å². The van der Waals surface area contributed by atoms with Crippen LogP contribution in [0.5, 0.6) is 0 Å². The van der Waals surface area contributed by atoms with Crippen LogP contribution in [0.15, 0.2) is 22.7 Å². The van der Waals surface area contributed by atoms with Crippen LogP contribution in [-0.2, 0) is 0 Å². The zero-order valence-electron chi connectivity index (χ0n) is 7.19. The maximum atomic E-state index is 6.13. The van der Waals surface area contributed by atoms with Gasteiger partial charge in [-0.25, -0.2) is 0 Å². The van der Waals surface area contributed by atoms with Gasteiger partial charge in [0.05, 0.1) is 0 Å². The fraction of sp³-hybridized carbons (Fsp3) is 0.400. The SMILES string of the molecule is Clc1ccc(Br)cc1C1CCNC1. The molecule has 1 nitrogen and oxygen atoms in total. The van der Waals surface area contributed by atoms with Crippen molar-refractivity contribution in [3.05, 3.63) is 33.3 Å². The normalized spacial score (nSPS) is 22.2. The monoisotopic (exact) mass is 259 g/mol. The Bertz CT molecular complexity index is 308. The first-order valence-corrected chi connectivity index (χ1v) is 5.60. The summed E-state index contributed by atoms with van der Waals surface area (Å²) in [7, 11) is 0. The molecule has 0 spiro atoms. The van der Waals surface area contributed by atoms with Crippen LogP contribution < -0.4 is 5.32 Å². The van der Waals surface area contributed by atoms with Gasteiger partial charge in [-0.1, -0.05) is 27.5 Å². The standard InChI is InChI=1S/C10H11BrClN/c11-8-1-2-10(12)9(5-8)7-3-4-13-6-7/h1-2,5,7,13H,3-4,6H2. The van der Waals surface area contributed by atoms with E-state index in [1.54, 1.807) is 0 Å². The first kappa shape index (κ1) is 9.50. The van der Waals surface area contributed by atoms with Crippen molar-refractivity contribution in [3.8, 4) is 0 Å². The van der Waals surface area contributed by atoms with Crippen LogP contribution in [0.2, 0.25) is 5.02 Å². The third-order valence-electron chi connectivity index (χ3n) is 2.46. The highest BCUT2D eigenvalue weighted by atomic mass is 79.9. The average molecular weight is 261 g/mol. The van der Waals surface area contributed by atoms with Gasteiger partial charge >= 0.3 is 0 Å². The van der Waals surface area contributed by atoms with Gasteiger partial charge < -0.3 is 5.32 Å². The smallest absolute Gasteiger partial charge is 0.0442 e. The molecule has 1 aliphatic heterocycles. The van der Waals surface area contributed by atoms with E-state index >= 15 is 0 Å². The van der Waals surface area contributed by atoms with Crippen LogP contribution >= 0.6 is 27.5 Å². The highest BCUT2D eigenvalue weighted by Crippen LogP contribution is 2.31. The van der Waals surface area contributed by atoms with Crippen molar-refractivity contribution >= 4 is 27.5 Å². The molecule has 1 aromatic rings. The Labute approximate surface area is 91.6 Å². The maximum Gasteiger partial charge on any atom is 0.0442 e. The summed E-state index contributed by atoms with van der Waals surface area (Å²) in [4.78, 5) is 0. The van der Waals surface area contributed by atoms with Gasteiger partial charge in [0.15, 0.2) is 0 Å². The third-order valence-corrected chi connectivity index (χ3v) is 3.30. The molecule has 0 bridgehead atoms. The molecular weight excluding hydrogens is 249 g/mol. The van der Waals surface area contributed by atoms with Crippen LogP contribution in [0, 0.1) is 0 Å². The van der Waals surface area contributed by atoms with Crippen molar-refractivity contribution in [2.24, 2.45) is 0 Å². The van der Waals surface area contributed by atoms with E-state index in [-0.39, 0.29) is 0 Å². The van der Waals surface area contributed by atoms with Gasteiger partial charge in [0, 0.05) is 16.0 Å². The van der Waals surface area contributed by atoms with Crippen LogP contribution in [0.1, 0.15) is 17.9 Å². The molecule has 1 heterocycles. The molecule has 1 saturated heterocycles. The number of rotatable bonds is 1. The average Bonchev–Trinajstić information content (AvgIpc) is 2.61. The predicted octanol–water partition coefficient (Wildman–Crippen LogP) is 3.18.